The molecular weight excluding hydrogens is 467 g/mol. The van der Waals surface area contributed by atoms with Crippen molar-refractivity contribution in [2.45, 2.75) is 0 Å². The van der Waals surface area contributed by atoms with Crippen molar-refractivity contribution in [3.8, 4) is 0 Å². The molecular formula is C24H20CoN4O4. The van der Waals surface area contributed by atoms with Gasteiger partial charge < -0.3 is 8.83 Å². The first-order valence-electron chi connectivity index (χ1n) is 9.56. The van der Waals surface area contributed by atoms with Crippen LogP contribution in [0.5, 0.6) is 0 Å². The Morgan fingerprint density at radius 1 is 0.606 bits per heavy atom. The van der Waals surface area contributed by atoms with Crippen LogP contribution >= 0.6 is 0 Å². The molecule has 169 valence electrons. The van der Waals surface area contributed by atoms with E-state index in [4.69, 9.17) is 8.83 Å². The minimum Gasteiger partial charge on any atom is -0.463 e. The van der Waals surface area contributed by atoms with Gasteiger partial charge in [-0.1, -0.05) is 36.4 Å². The van der Waals surface area contributed by atoms with Crippen LogP contribution in [0.1, 0.15) is 32.2 Å². The number of furan rings is 2. The molecule has 8 nitrogen and oxygen atoms in total. The summed E-state index contributed by atoms with van der Waals surface area (Å²) < 4.78 is 10.0. The molecule has 0 saturated heterocycles. The molecule has 0 spiro atoms. The summed E-state index contributed by atoms with van der Waals surface area (Å²) in [5.74, 6) is 0.688. The molecule has 0 aliphatic rings. The van der Waals surface area contributed by atoms with Crippen LogP contribution in [-0.4, -0.2) is 24.2 Å². The number of amides is 2. The first-order chi connectivity index (χ1) is 15.7. The molecule has 33 heavy (non-hydrogen) atoms. The predicted octanol–water partition coefficient (Wildman–Crippen LogP) is 4.08. The van der Waals surface area contributed by atoms with Crippen molar-refractivity contribution < 1.29 is 35.2 Å². The normalized spacial score (nSPS) is 10.2. The van der Waals surface area contributed by atoms with E-state index < -0.39 is 0 Å². The number of hydrogen-bond donors (Lipinski definition) is 2. The first kappa shape index (κ1) is 25.1. The second-order valence-electron chi connectivity index (χ2n) is 6.16. The van der Waals surface area contributed by atoms with E-state index in [9.17, 15) is 9.59 Å². The van der Waals surface area contributed by atoms with Gasteiger partial charge in [-0.2, -0.15) is 10.2 Å². The summed E-state index contributed by atoms with van der Waals surface area (Å²) in [6.07, 6.45) is 5.97. The van der Waals surface area contributed by atoms with Gasteiger partial charge >= 0.3 is 0 Å². The van der Waals surface area contributed by atoms with Crippen molar-refractivity contribution in [1.82, 2.24) is 10.9 Å². The zero-order chi connectivity index (χ0) is 22.4. The summed E-state index contributed by atoms with van der Waals surface area (Å²) in [4.78, 5) is 23.0. The van der Waals surface area contributed by atoms with Gasteiger partial charge in [-0.05, 0) is 48.5 Å². The second kappa shape index (κ2) is 14.0. The molecule has 2 heterocycles. The summed E-state index contributed by atoms with van der Waals surface area (Å²) in [6.45, 7) is 0. The van der Waals surface area contributed by atoms with Crippen molar-refractivity contribution in [2.24, 2.45) is 10.2 Å². The summed E-state index contributed by atoms with van der Waals surface area (Å²) in [7, 11) is 0. The maximum absolute atomic E-state index is 11.5. The van der Waals surface area contributed by atoms with Crippen LogP contribution in [0.4, 0.5) is 0 Å². The van der Waals surface area contributed by atoms with Gasteiger partial charge in [0.1, 0.15) is 11.5 Å². The monoisotopic (exact) mass is 487 g/mol. The maximum atomic E-state index is 11.5. The smallest absolute Gasteiger partial charge is 0.271 e. The minimum atomic E-state index is -0.247. The van der Waals surface area contributed by atoms with Crippen LogP contribution in [0.25, 0.3) is 0 Å². The van der Waals surface area contributed by atoms with Crippen LogP contribution in [0, 0.1) is 0 Å². The van der Waals surface area contributed by atoms with Crippen LogP contribution in [0.2, 0.25) is 0 Å². The molecule has 1 radical (unpaired) electrons. The fourth-order valence-corrected chi connectivity index (χ4v) is 2.35. The number of nitrogens with zero attached hydrogens (tertiary/aromatic N) is 2. The second-order valence-corrected chi connectivity index (χ2v) is 6.16. The number of carbonyl (C=O) groups is 2. The maximum Gasteiger partial charge on any atom is 0.271 e. The van der Waals surface area contributed by atoms with Gasteiger partial charge in [0.15, 0.2) is 0 Å². The molecule has 0 atom stereocenters. The number of benzene rings is 2. The van der Waals surface area contributed by atoms with Crippen molar-refractivity contribution in [3.63, 3.8) is 0 Å². The number of hydrogen-bond acceptors (Lipinski definition) is 6. The van der Waals surface area contributed by atoms with Crippen molar-refractivity contribution in [1.29, 1.82) is 0 Å². The Kier molecular flexibility index (Phi) is 10.6. The van der Waals surface area contributed by atoms with Gasteiger partial charge in [0, 0.05) is 27.9 Å². The molecule has 2 aromatic heterocycles. The van der Waals surface area contributed by atoms with E-state index in [0.29, 0.717) is 22.6 Å². The summed E-state index contributed by atoms with van der Waals surface area (Å²) >= 11 is 0. The summed E-state index contributed by atoms with van der Waals surface area (Å²) in [5.41, 5.74) is 5.95. The Bertz CT molecular complexity index is 1050. The number of hydrazone groups is 2. The fraction of sp³-hybridized carbons (Fsp3) is 0. The fourth-order valence-electron chi connectivity index (χ4n) is 2.35. The van der Waals surface area contributed by atoms with E-state index in [2.05, 4.69) is 21.1 Å². The third-order valence-corrected chi connectivity index (χ3v) is 3.87. The van der Waals surface area contributed by atoms with E-state index in [-0.39, 0.29) is 28.6 Å². The Morgan fingerprint density at radius 3 is 1.33 bits per heavy atom. The Labute approximate surface area is 200 Å². The molecule has 0 bridgehead atoms. The van der Waals surface area contributed by atoms with E-state index in [0.717, 1.165) is 0 Å². The molecule has 0 aliphatic heterocycles. The predicted molar refractivity (Wildman–Crippen MR) is 120 cm³/mol. The summed E-state index contributed by atoms with van der Waals surface area (Å²) in [5, 5.41) is 7.54. The van der Waals surface area contributed by atoms with Crippen LogP contribution in [0.15, 0.2) is 116 Å². The van der Waals surface area contributed by atoms with Crippen molar-refractivity contribution in [3.05, 3.63) is 120 Å². The van der Waals surface area contributed by atoms with Gasteiger partial charge in [0.2, 0.25) is 0 Å². The molecule has 2 aromatic carbocycles. The SMILES string of the molecule is O=C(N/N=C/c1ccco1)c1ccccc1.O=C(N/N=C/c1ccco1)c1ccccc1.[Co]. The number of nitrogens with one attached hydrogen (secondary N) is 2. The average Bonchev–Trinajstić information content (AvgIpc) is 3.55. The Hall–Kier alpha value is -4.21. The zero-order valence-electron chi connectivity index (χ0n) is 17.3. The number of rotatable bonds is 6. The molecule has 0 fully saturated rings. The van der Waals surface area contributed by atoms with Gasteiger partial charge in [-0.25, -0.2) is 10.9 Å². The topological polar surface area (TPSA) is 109 Å². The van der Waals surface area contributed by atoms with Gasteiger partial charge in [0.05, 0.1) is 25.0 Å². The van der Waals surface area contributed by atoms with E-state index in [1.54, 1.807) is 85.3 Å². The zero-order valence-corrected chi connectivity index (χ0v) is 18.3. The van der Waals surface area contributed by atoms with E-state index in [1.807, 2.05) is 12.1 Å². The molecule has 4 rings (SSSR count). The Balaban J connectivity index is 0.000000227. The molecule has 2 amide bonds. The molecule has 4 aromatic rings. The molecule has 0 unspecified atom stereocenters. The average molecular weight is 487 g/mol. The van der Waals surface area contributed by atoms with Crippen LogP contribution in [-0.2, 0) is 16.8 Å². The third-order valence-electron chi connectivity index (χ3n) is 3.87. The third kappa shape index (κ3) is 8.81. The van der Waals surface area contributed by atoms with Crippen LogP contribution < -0.4 is 10.9 Å². The first-order valence-corrected chi connectivity index (χ1v) is 9.56. The molecule has 0 saturated carbocycles. The number of carbonyl (C=O) groups excluding carboxylic acids is 2. The summed E-state index contributed by atoms with van der Waals surface area (Å²) in [6, 6.07) is 24.8. The van der Waals surface area contributed by atoms with E-state index >= 15 is 0 Å². The minimum absolute atomic E-state index is 0. The van der Waals surface area contributed by atoms with Crippen molar-refractivity contribution >= 4 is 24.2 Å². The standard InChI is InChI=1S/2C12H10N2O2.Co/c2*15-12(10-5-2-1-3-6-10)14-13-9-11-7-4-8-16-11;/h2*1-9H,(H,14,15);/b2*13-9+;. The van der Waals surface area contributed by atoms with Gasteiger partial charge in [-0.3, -0.25) is 9.59 Å². The van der Waals surface area contributed by atoms with Gasteiger partial charge in [0.25, 0.3) is 11.8 Å². The molecule has 2 N–H and O–H groups in total. The molecule has 0 aliphatic carbocycles. The largest absolute Gasteiger partial charge is 0.463 e. The van der Waals surface area contributed by atoms with Gasteiger partial charge in [-0.15, -0.1) is 0 Å². The quantitative estimate of drug-likeness (QED) is 0.316. The van der Waals surface area contributed by atoms with Crippen LogP contribution in [0.3, 0.4) is 0 Å². The Morgan fingerprint density at radius 2 is 1.00 bits per heavy atom. The van der Waals surface area contributed by atoms with E-state index in [1.165, 1.54) is 12.4 Å². The van der Waals surface area contributed by atoms with Crippen molar-refractivity contribution in [2.75, 3.05) is 0 Å². The molecule has 9 heteroatoms.